The molecule has 0 spiro atoms. The van der Waals surface area contributed by atoms with Gasteiger partial charge >= 0.3 is 0 Å². The molecule has 0 radical (unpaired) electrons. The SMILES string of the molecule is COCCn1cccc1C(=O)N[C@H](C)CN. The minimum Gasteiger partial charge on any atom is -0.383 e. The van der Waals surface area contributed by atoms with Crippen LogP contribution in [0.25, 0.3) is 0 Å². The first kappa shape index (κ1) is 12.7. The molecule has 90 valence electrons. The Balaban J connectivity index is 2.64. The summed E-state index contributed by atoms with van der Waals surface area (Å²) in [6.45, 7) is 3.56. The van der Waals surface area contributed by atoms with Gasteiger partial charge in [-0.2, -0.15) is 0 Å². The van der Waals surface area contributed by atoms with E-state index >= 15 is 0 Å². The maximum absolute atomic E-state index is 11.8. The van der Waals surface area contributed by atoms with Crippen molar-refractivity contribution in [3.8, 4) is 0 Å². The summed E-state index contributed by atoms with van der Waals surface area (Å²) in [4.78, 5) is 11.8. The summed E-state index contributed by atoms with van der Waals surface area (Å²) >= 11 is 0. The van der Waals surface area contributed by atoms with Gasteiger partial charge in [-0.15, -0.1) is 0 Å². The van der Waals surface area contributed by atoms with Gasteiger partial charge in [0.1, 0.15) is 5.69 Å². The molecule has 0 aliphatic carbocycles. The van der Waals surface area contributed by atoms with E-state index in [9.17, 15) is 4.79 Å². The number of methoxy groups -OCH3 is 1. The van der Waals surface area contributed by atoms with Crippen molar-refractivity contribution in [3.63, 3.8) is 0 Å². The molecule has 0 fully saturated rings. The molecule has 16 heavy (non-hydrogen) atoms. The first-order chi connectivity index (χ1) is 7.69. The Morgan fingerprint density at radius 2 is 2.44 bits per heavy atom. The number of hydrogen-bond donors (Lipinski definition) is 2. The second-order valence-electron chi connectivity index (χ2n) is 3.69. The summed E-state index contributed by atoms with van der Waals surface area (Å²) in [5.41, 5.74) is 6.09. The number of rotatable bonds is 6. The van der Waals surface area contributed by atoms with Crippen molar-refractivity contribution in [2.24, 2.45) is 5.73 Å². The molecule has 0 aliphatic rings. The Morgan fingerprint density at radius 3 is 3.06 bits per heavy atom. The Hall–Kier alpha value is -1.33. The van der Waals surface area contributed by atoms with Crippen LogP contribution in [-0.2, 0) is 11.3 Å². The second-order valence-corrected chi connectivity index (χ2v) is 3.69. The predicted molar refractivity (Wildman–Crippen MR) is 62.3 cm³/mol. The summed E-state index contributed by atoms with van der Waals surface area (Å²) < 4.78 is 6.84. The largest absolute Gasteiger partial charge is 0.383 e. The maximum Gasteiger partial charge on any atom is 0.268 e. The highest BCUT2D eigenvalue weighted by Gasteiger charge is 2.12. The van der Waals surface area contributed by atoms with E-state index in [0.717, 1.165) is 0 Å². The van der Waals surface area contributed by atoms with E-state index in [1.54, 1.807) is 13.2 Å². The number of nitrogens with two attached hydrogens (primary N) is 1. The molecule has 0 saturated heterocycles. The minimum absolute atomic E-state index is 0.0155. The zero-order valence-corrected chi connectivity index (χ0v) is 9.77. The number of nitrogens with zero attached hydrogens (tertiary/aromatic N) is 1. The lowest BCUT2D eigenvalue weighted by molar-refractivity contribution is 0.0929. The van der Waals surface area contributed by atoms with Gasteiger partial charge in [0.15, 0.2) is 0 Å². The first-order valence-electron chi connectivity index (χ1n) is 5.34. The van der Waals surface area contributed by atoms with Gasteiger partial charge in [-0.1, -0.05) is 0 Å². The molecule has 0 aromatic carbocycles. The monoisotopic (exact) mass is 225 g/mol. The van der Waals surface area contributed by atoms with Gasteiger partial charge in [0.2, 0.25) is 0 Å². The first-order valence-corrected chi connectivity index (χ1v) is 5.34. The maximum atomic E-state index is 11.8. The van der Waals surface area contributed by atoms with E-state index in [2.05, 4.69) is 5.32 Å². The number of hydrogen-bond acceptors (Lipinski definition) is 3. The van der Waals surface area contributed by atoms with Gasteiger partial charge in [-0.05, 0) is 19.1 Å². The number of amides is 1. The number of aromatic nitrogens is 1. The Morgan fingerprint density at radius 1 is 1.69 bits per heavy atom. The van der Waals surface area contributed by atoms with Crippen molar-refractivity contribution in [3.05, 3.63) is 24.0 Å². The summed E-state index contributed by atoms with van der Waals surface area (Å²) in [6, 6.07) is 3.62. The molecular formula is C11H19N3O2. The van der Waals surface area contributed by atoms with Crippen LogP contribution >= 0.6 is 0 Å². The van der Waals surface area contributed by atoms with Crippen LogP contribution in [0.1, 0.15) is 17.4 Å². The van der Waals surface area contributed by atoms with Crippen LogP contribution in [0.15, 0.2) is 18.3 Å². The topological polar surface area (TPSA) is 69.3 Å². The molecule has 5 nitrogen and oxygen atoms in total. The van der Waals surface area contributed by atoms with Gasteiger partial charge in [0.25, 0.3) is 5.91 Å². The molecule has 1 aromatic heterocycles. The zero-order valence-electron chi connectivity index (χ0n) is 9.77. The Kier molecular flexibility index (Phi) is 5.01. The Bertz CT molecular complexity index is 336. The molecule has 0 unspecified atom stereocenters. The van der Waals surface area contributed by atoms with Crippen molar-refractivity contribution in [2.45, 2.75) is 19.5 Å². The van der Waals surface area contributed by atoms with Crippen molar-refractivity contribution < 1.29 is 9.53 Å². The van der Waals surface area contributed by atoms with Crippen LogP contribution in [-0.4, -0.2) is 36.8 Å². The smallest absolute Gasteiger partial charge is 0.268 e. The van der Waals surface area contributed by atoms with Crippen molar-refractivity contribution in [1.29, 1.82) is 0 Å². The normalized spacial score (nSPS) is 12.4. The molecule has 1 rings (SSSR count). The average Bonchev–Trinajstić information content (AvgIpc) is 2.74. The van der Waals surface area contributed by atoms with E-state index in [1.165, 1.54) is 0 Å². The molecule has 0 saturated carbocycles. The van der Waals surface area contributed by atoms with E-state index in [-0.39, 0.29) is 11.9 Å². The quantitative estimate of drug-likeness (QED) is 0.727. The molecule has 5 heteroatoms. The van der Waals surface area contributed by atoms with Crippen LogP contribution in [0, 0.1) is 0 Å². The van der Waals surface area contributed by atoms with Crippen LogP contribution in [0.4, 0.5) is 0 Å². The number of carbonyl (C=O) groups is 1. The number of carbonyl (C=O) groups excluding carboxylic acids is 1. The van der Waals surface area contributed by atoms with E-state index in [4.69, 9.17) is 10.5 Å². The molecule has 0 bridgehead atoms. The van der Waals surface area contributed by atoms with E-state index < -0.39 is 0 Å². The van der Waals surface area contributed by atoms with Gasteiger partial charge < -0.3 is 20.4 Å². The van der Waals surface area contributed by atoms with Gasteiger partial charge in [0, 0.05) is 32.4 Å². The van der Waals surface area contributed by atoms with Crippen LogP contribution in [0.2, 0.25) is 0 Å². The van der Waals surface area contributed by atoms with Gasteiger partial charge in [-0.3, -0.25) is 4.79 Å². The minimum atomic E-state index is -0.0981. The predicted octanol–water partition coefficient (Wildman–Crippen LogP) is 0.212. The third kappa shape index (κ3) is 3.36. The summed E-state index contributed by atoms with van der Waals surface area (Å²) in [6.07, 6.45) is 1.86. The van der Waals surface area contributed by atoms with Crippen LogP contribution in [0.3, 0.4) is 0 Å². The highest BCUT2D eigenvalue weighted by atomic mass is 16.5. The third-order valence-electron chi connectivity index (χ3n) is 2.33. The fourth-order valence-electron chi connectivity index (χ4n) is 1.36. The number of ether oxygens (including phenoxy) is 1. The lowest BCUT2D eigenvalue weighted by Gasteiger charge is -2.13. The molecule has 0 aliphatic heterocycles. The molecule has 1 aromatic rings. The molecule has 1 heterocycles. The third-order valence-corrected chi connectivity index (χ3v) is 2.33. The van der Waals surface area contributed by atoms with E-state index in [0.29, 0.717) is 25.4 Å². The summed E-state index contributed by atoms with van der Waals surface area (Å²) in [5.74, 6) is -0.0981. The lowest BCUT2D eigenvalue weighted by atomic mass is 10.3. The summed E-state index contributed by atoms with van der Waals surface area (Å²) in [5, 5.41) is 2.82. The van der Waals surface area contributed by atoms with E-state index in [1.807, 2.05) is 23.8 Å². The summed E-state index contributed by atoms with van der Waals surface area (Å²) in [7, 11) is 1.64. The van der Waals surface area contributed by atoms with Crippen molar-refractivity contribution in [2.75, 3.05) is 20.3 Å². The van der Waals surface area contributed by atoms with Crippen molar-refractivity contribution in [1.82, 2.24) is 9.88 Å². The van der Waals surface area contributed by atoms with Gasteiger partial charge in [0.05, 0.1) is 6.61 Å². The second kappa shape index (κ2) is 6.30. The van der Waals surface area contributed by atoms with Gasteiger partial charge in [-0.25, -0.2) is 0 Å². The van der Waals surface area contributed by atoms with Crippen molar-refractivity contribution >= 4 is 5.91 Å². The highest BCUT2D eigenvalue weighted by Crippen LogP contribution is 2.02. The van der Waals surface area contributed by atoms with Crippen LogP contribution < -0.4 is 11.1 Å². The number of nitrogens with one attached hydrogen (secondary N) is 1. The lowest BCUT2D eigenvalue weighted by Crippen LogP contribution is -2.38. The zero-order chi connectivity index (χ0) is 12.0. The molecule has 1 amide bonds. The molecular weight excluding hydrogens is 206 g/mol. The highest BCUT2D eigenvalue weighted by molar-refractivity contribution is 5.92. The average molecular weight is 225 g/mol. The standard InChI is InChI=1S/C11H19N3O2/c1-9(8-12)13-11(15)10-4-3-5-14(10)6-7-16-2/h3-5,9H,6-8,12H2,1-2H3,(H,13,15)/t9-/m1/s1. The molecule has 3 N–H and O–H groups in total. The molecule has 1 atom stereocenters. The fraction of sp³-hybridized carbons (Fsp3) is 0.545. The Labute approximate surface area is 95.6 Å². The fourth-order valence-corrected chi connectivity index (χ4v) is 1.36. The van der Waals surface area contributed by atoms with Crippen LogP contribution in [0.5, 0.6) is 0 Å².